The molecule has 0 saturated heterocycles. The van der Waals surface area contributed by atoms with Gasteiger partial charge in [0.05, 0.1) is 13.2 Å². The minimum absolute atomic E-state index is 0.227. The van der Waals surface area contributed by atoms with E-state index in [0.29, 0.717) is 24.0 Å². The van der Waals surface area contributed by atoms with Crippen LogP contribution in [0.15, 0.2) is 43.0 Å². The van der Waals surface area contributed by atoms with Gasteiger partial charge in [0, 0.05) is 30.9 Å². The van der Waals surface area contributed by atoms with Crippen LogP contribution in [0.3, 0.4) is 0 Å². The summed E-state index contributed by atoms with van der Waals surface area (Å²) in [5.41, 5.74) is 1.38. The van der Waals surface area contributed by atoms with Gasteiger partial charge in [-0.05, 0) is 24.6 Å². The molecular weight excluding hydrogens is 308 g/mol. The first-order valence-corrected chi connectivity index (χ1v) is 7.45. The number of amides is 1. The predicted octanol–water partition coefficient (Wildman–Crippen LogP) is 1.25. The van der Waals surface area contributed by atoms with E-state index in [4.69, 9.17) is 4.74 Å². The van der Waals surface area contributed by atoms with Crippen LogP contribution in [0.25, 0.3) is 11.7 Å². The van der Waals surface area contributed by atoms with Gasteiger partial charge in [-0.2, -0.15) is 0 Å². The van der Waals surface area contributed by atoms with Crippen molar-refractivity contribution in [3.63, 3.8) is 0 Å². The second kappa shape index (κ2) is 7.32. The molecule has 0 fully saturated rings. The van der Waals surface area contributed by atoms with Gasteiger partial charge >= 0.3 is 0 Å². The van der Waals surface area contributed by atoms with Crippen LogP contribution >= 0.6 is 0 Å². The molecular formula is C16H16N6O2. The lowest BCUT2D eigenvalue weighted by molar-refractivity contribution is -0.116. The van der Waals surface area contributed by atoms with Crippen LogP contribution in [-0.4, -0.2) is 37.1 Å². The maximum Gasteiger partial charge on any atom is 0.260 e. The Hall–Kier alpha value is -3.29. The number of aromatic nitrogens is 5. The summed E-state index contributed by atoms with van der Waals surface area (Å²) in [7, 11) is 0. The molecule has 3 heterocycles. The first-order valence-electron chi connectivity index (χ1n) is 7.45. The van der Waals surface area contributed by atoms with Crippen molar-refractivity contribution in [2.75, 3.05) is 6.61 Å². The molecule has 0 saturated carbocycles. The average Bonchev–Trinajstić information content (AvgIpc) is 3.03. The number of pyridine rings is 1. The fourth-order valence-corrected chi connectivity index (χ4v) is 2.08. The number of carbonyl (C=O) groups excluding carboxylic acids is 1. The average molecular weight is 324 g/mol. The van der Waals surface area contributed by atoms with Crippen molar-refractivity contribution >= 4 is 17.6 Å². The highest BCUT2D eigenvalue weighted by Crippen LogP contribution is 2.14. The first kappa shape index (κ1) is 15.6. The standard InChI is InChI=1S/C16H16N6O2/c1-2-24-16-15-21-20-13(22(15)9-8-18-16)11-19-14(23)6-5-12-4-3-7-17-10-12/h3-10H,2,11H2,1H3,(H,19,23). The minimum atomic E-state index is -0.227. The summed E-state index contributed by atoms with van der Waals surface area (Å²) < 4.78 is 7.15. The van der Waals surface area contributed by atoms with E-state index in [2.05, 4.69) is 25.5 Å². The smallest absolute Gasteiger partial charge is 0.260 e. The zero-order valence-corrected chi connectivity index (χ0v) is 13.1. The Morgan fingerprint density at radius 1 is 1.38 bits per heavy atom. The van der Waals surface area contributed by atoms with Crippen LogP contribution in [-0.2, 0) is 11.3 Å². The van der Waals surface area contributed by atoms with Gasteiger partial charge in [-0.15, -0.1) is 10.2 Å². The van der Waals surface area contributed by atoms with E-state index in [-0.39, 0.29) is 12.5 Å². The molecule has 0 aliphatic heterocycles. The highest BCUT2D eigenvalue weighted by atomic mass is 16.5. The molecule has 0 aliphatic carbocycles. The zero-order valence-electron chi connectivity index (χ0n) is 13.1. The largest absolute Gasteiger partial charge is 0.475 e. The van der Waals surface area contributed by atoms with Crippen molar-refractivity contribution in [1.29, 1.82) is 0 Å². The molecule has 0 radical (unpaired) electrons. The van der Waals surface area contributed by atoms with Crippen LogP contribution in [0.1, 0.15) is 18.3 Å². The number of fused-ring (bicyclic) bond motifs is 1. The van der Waals surface area contributed by atoms with Crippen molar-refractivity contribution in [1.82, 2.24) is 29.9 Å². The van der Waals surface area contributed by atoms with E-state index in [0.717, 1.165) is 5.56 Å². The Morgan fingerprint density at radius 2 is 2.29 bits per heavy atom. The maximum atomic E-state index is 11.9. The normalized spacial score (nSPS) is 11.0. The maximum absolute atomic E-state index is 11.9. The summed E-state index contributed by atoms with van der Waals surface area (Å²) in [6.45, 7) is 2.61. The zero-order chi connectivity index (χ0) is 16.8. The highest BCUT2D eigenvalue weighted by Gasteiger charge is 2.11. The van der Waals surface area contributed by atoms with Crippen molar-refractivity contribution in [3.05, 3.63) is 54.4 Å². The molecule has 3 rings (SSSR count). The molecule has 3 aromatic rings. The van der Waals surface area contributed by atoms with Crippen molar-refractivity contribution in [3.8, 4) is 5.88 Å². The Labute approximate surface area is 138 Å². The lowest BCUT2D eigenvalue weighted by Crippen LogP contribution is -2.21. The van der Waals surface area contributed by atoms with Crippen molar-refractivity contribution in [2.45, 2.75) is 13.5 Å². The van der Waals surface area contributed by atoms with Crippen LogP contribution in [0.2, 0.25) is 0 Å². The number of nitrogens with zero attached hydrogens (tertiary/aromatic N) is 5. The van der Waals surface area contributed by atoms with E-state index in [1.54, 1.807) is 35.3 Å². The molecule has 1 amide bonds. The van der Waals surface area contributed by atoms with E-state index < -0.39 is 0 Å². The van der Waals surface area contributed by atoms with Gasteiger partial charge in [-0.1, -0.05) is 6.07 Å². The monoisotopic (exact) mass is 324 g/mol. The van der Waals surface area contributed by atoms with E-state index >= 15 is 0 Å². The third-order valence-electron chi connectivity index (χ3n) is 3.18. The second-order valence-corrected chi connectivity index (χ2v) is 4.81. The number of nitrogens with one attached hydrogen (secondary N) is 1. The van der Waals surface area contributed by atoms with Crippen LogP contribution in [0.4, 0.5) is 0 Å². The Morgan fingerprint density at radius 3 is 3.08 bits per heavy atom. The fraction of sp³-hybridized carbons (Fsp3) is 0.188. The fourth-order valence-electron chi connectivity index (χ4n) is 2.08. The molecule has 0 spiro atoms. The number of hydrogen-bond donors (Lipinski definition) is 1. The number of hydrogen-bond acceptors (Lipinski definition) is 6. The van der Waals surface area contributed by atoms with E-state index in [1.165, 1.54) is 6.08 Å². The molecule has 1 N–H and O–H groups in total. The molecule has 8 heteroatoms. The molecule has 0 aliphatic rings. The molecule has 0 atom stereocenters. The topological polar surface area (TPSA) is 94.3 Å². The number of ether oxygens (including phenoxy) is 1. The Kier molecular flexibility index (Phi) is 4.76. The number of rotatable bonds is 6. The summed E-state index contributed by atoms with van der Waals surface area (Å²) in [6.07, 6.45) is 9.84. The third kappa shape index (κ3) is 3.54. The van der Waals surface area contributed by atoms with E-state index in [1.807, 2.05) is 19.1 Å². The molecule has 0 bridgehead atoms. The molecule has 3 aromatic heterocycles. The van der Waals surface area contributed by atoms with Crippen molar-refractivity contribution in [2.24, 2.45) is 0 Å². The summed E-state index contributed by atoms with van der Waals surface area (Å²) in [5, 5.41) is 10.9. The van der Waals surface area contributed by atoms with Gasteiger partial charge in [0.1, 0.15) is 0 Å². The Balaban J connectivity index is 1.66. The van der Waals surface area contributed by atoms with E-state index in [9.17, 15) is 4.79 Å². The van der Waals surface area contributed by atoms with Gasteiger partial charge in [-0.3, -0.25) is 14.2 Å². The van der Waals surface area contributed by atoms with Gasteiger partial charge < -0.3 is 10.1 Å². The lowest BCUT2D eigenvalue weighted by atomic mass is 10.2. The van der Waals surface area contributed by atoms with Gasteiger partial charge in [-0.25, -0.2) is 4.98 Å². The molecule has 0 aromatic carbocycles. The van der Waals surface area contributed by atoms with Crippen LogP contribution < -0.4 is 10.1 Å². The summed E-state index contributed by atoms with van der Waals surface area (Å²) in [4.78, 5) is 20.0. The molecule has 24 heavy (non-hydrogen) atoms. The van der Waals surface area contributed by atoms with Crippen LogP contribution in [0.5, 0.6) is 5.88 Å². The first-order chi connectivity index (χ1) is 11.8. The number of carbonyl (C=O) groups is 1. The third-order valence-corrected chi connectivity index (χ3v) is 3.18. The minimum Gasteiger partial charge on any atom is -0.475 e. The van der Waals surface area contributed by atoms with Crippen LogP contribution in [0, 0.1) is 0 Å². The van der Waals surface area contributed by atoms with Gasteiger partial charge in [0.2, 0.25) is 11.6 Å². The molecule has 122 valence electrons. The quantitative estimate of drug-likeness (QED) is 0.686. The second-order valence-electron chi connectivity index (χ2n) is 4.81. The van der Waals surface area contributed by atoms with Crippen molar-refractivity contribution < 1.29 is 9.53 Å². The molecule has 8 nitrogen and oxygen atoms in total. The predicted molar refractivity (Wildman–Crippen MR) is 87.1 cm³/mol. The summed E-state index contributed by atoms with van der Waals surface area (Å²) in [6, 6.07) is 3.68. The summed E-state index contributed by atoms with van der Waals surface area (Å²) >= 11 is 0. The SMILES string of the molecule is CCOc1nccn2c(CNC(=O)C=Cc3cccnc3)nnc12. The van der Waals surface area contributed by atoms with Gasteiger partial charge in [0.15, 0.2) is 5.82 Å². The Bertz CT molecular complexity index is 859. The highest BCUT2D eigenvalue weighted by molar-refractivity contribution is 5.91. The molecule has 0 unspecified atom stereocenters. The van der Waals surface area contributed by atoms with Gasteiger partial charge in [0.25, 0.3) is 5.88 Å². The summed E-state index contributed by atoms with van der Waals surface area (Å²) in [5.74, 6) is 0.785. The lowest BCUT2D eigenvalue weighted by Gasteiger charge is -2.04.